The highest BCUT2D eigenvalue weighted by Gasteiger charge is 2.30. The van der Waals surface area contributed by atoms with Crippen LogP contribution in [0.15, 0.2) is 71.6 Å². The monoisotopic (exact) mass is 491 g/mol. The molecule has 0 aromatic heterocycles. The predicted octanol–water partition coefficient (Wildman–Crippen LogP) is 4.38. The Labute approximate surface area is 195 Å². The standard InChI is InChI=1S/C23H20ClF2N3O3S/c24-17-7-5-16(6-8-17)23(30)27-21-10-9-18(15-20(21)26)33(31,32)29-13-11-28(12-14-29)22-4-2-1-3-19(22)25/h1-10,15H,11-14H2,(H,27,30). The summed E-state index contributed by atoms with van der Waals surface area (Å²) in [5.41, 5.74) is 0.558. The quantitative estimate of drug-likeness (QED) is 0.575. The fourth-order valence-corrected chi connectivity index (χ4v) is 5.14. The average Bonchev–Trinajstić information content (AvgIpc) is 2.81. The molecule has 0 atom stereocenters. The number of hydrogen-bond donors (Lipinski definition) is 1. The molecule has 0 unspecified atom stereocenters. The molecular formula is C23H20ClF2N3O3S. The van der Waals surface area contributed by atoms with Crippen molar-refractivity contribution in [1.29, 1.82) is 0 Å². The second kappa shape index (κ2) is 9.46. The van der Waals surface area contributed by atoms with Gasteiger partial charge in [0, 0.05) is 36.8 Å². The van der Waals surface area contributed by atoms with Gasteiger partial charge in [0.15, 0.2) is 0 Å². The average molecular weight is 492 g/mol. The van der Waals surface area contributed by atoms with Crippen LogP contribution in [-0.2, 0) is 10.0 Å². The number of carbonyl (C=O) groups is 1. The van der Waals surface area contributed by atoms with Gasteiger partial charge in [-0.2, -0.15) is 4.31 Å². The zero-order chi connectivity index (χ0) is 23.6. The molecule has 1 fully saturated rings. The van der Waals surface area contributed by atoms with Crippen molar-refractivity contribution in [2.45, 2.75) is 4.90 Å². The van der Waals surface area contributed by atoms with Crippen molar-refractivity contribution in [3.8, 4) is 0 Å². The van der Waals surface area contributed by atoms with E-state index in [2.05, 4.69) is 5.32 Å². The van der Waals surface area contributed by atoms with E-state index in [1.165, 1.54) is 46.8 Å². The van der Waals surface area contributed by atoms with E-state index in [-0.39, 0.29) is 35.1 Å². The molecule has 4 rings (SSSR count). The SMILES string of the molecule is O=C(Nc1ccc(S(=O)(=O)N2CCN(c3ccccc3F)CC2)cc1F)c1ccc(Cl)cc1. The molecule has 10 heteroatoms. The molecule has 0 radical (unpaired) electrons. The van der Waals surface area contributed by atoms with E-state index in [1.807, 2.05) is 0 Å². The Balaban J connectivity index is 1.45. The molecule has 1 saturated heterocycles. The fraction of sp³-hybridized carbons (Fsp3) is 0.174. The Bertz CT molecular complexity index is 1280. The Kier molecular flexibility index (Phi) is 6.64. The summed E-state index contributed by atoms with van der Waals surface area (Å²) >= 11 is 5.80. The molecule has 3 aromatic rings. The van der Waals surface area contributed by atoms with Gasteiger partial charge in [-0.3, -0.25) is 4.79 Å². The number of piperazine rings is 1. The van der Waals surface area contributed by atoms with Crippen molar-refractivity contribution in [2.24, 2.45) is 0 Å². The summed E-state index contributed by atoms with van der Waals surface area (Å²) in [6, 6.07) is 15.7. The molecule has 33 heavy (non-hydrogen) atoms. The maximum atomic E-state index is 14.6. The maximum Gasteiger partial charge on any atom is 0.255 e. The van der Waals surface area contributed by atoms with Gasteiger partial charge in [0.1, 0.15) is 11.6 Å². The number of halogens is 3. The van der Waals surface area contributed by atoms with Gasteiger partial charge in [0.2, 0.25) is 10.0 Å². The molecule has 1 N–H and O–H groups in total. The van der Waals surface area contributed by atoms with Crippen LogP contribution in [-0.4, -0.2) is 44.8 Å². The van der Waals surface area contributed by atoms with Crippen LogP contribution < -0.4 is 10.2 Å². The Morgan fingerprint density at radius 3 is 2.18 bits per heavy atom. The third-order valence-electron chi connectivity index (χ3n) is 5.36. The van der Waals surface area contributed by atoms with Crippen LogP contribution in [0.5, 0.6) is 0 Å². The molecule has 0 bridgehead atoms. The number of sulfonamides is 1. The molecule has 0 spiro atoms. The number of hydrogen-bond acceptors (Lipinski definition) is 4. The van der Waals surface area contributed by atoms with Gasteiger partial charge in [-0.1, -0.05) is 23.7 Å². The molecule has 1 amide bonds. The van der Waals surface area contributed by atoms with Crippen LogP contribution in [0.1, 0.15) is 10.4 Å². The number of amides is 1. The van der Waals surface area contributed by atoms with E-state index >= 15 is 0 Å². The van der Waals surface area contributed by atoms with E-state index in [4.69, 9.17) is 11.6 Å². The first-order valence-corrected chi connectivity index (χ1v) is 11.9. The minimum absolute atomic E-state index is 0.132. The largest absolute Gasteiger partial charge is 0.367 e. The van der Waals surface area contributed by atoms with Gasteiger partial charge >= 0.3 is 0 Å². The van der Waals surface area contributed by atoms with Crippen molar-refractivity contribution in [2.75, 3.05) is 36.4 Å². The van der Waals surface area contributed by atoms with Gasteiger partial charge in [-0.25, -0.2) is 17.2 Å². The van der Waals surface area contributed by atoms with Gasteiger partial charge < -0.3 is 10.2 Å². The van der Waals surface area contributed by atoms with Crippen LogP contribution >= 0.6 is 11.6 Å². The van der Waals surface area contributed by atoms with Crippen molar-refractivity contribution in [3.63, 3.8) is 0 Å². The van der Waals surface area contributed by atoms with Crippen molar-refractivity contribution < 1.29 is 22.0 Å². The fourth-order valence-electron chi connectivity index (χ4n) is 3.58. The summed E-state index contributed by atoms with van der Waals surface area (Å²) in [4.78, 5) is 13.9. The molecular weight excluding hydrogens is 472 g/mol. The summed E-state index contributed by atoms with van der Waals surface area (Å²) in [5, 5.41) is 2.89. The first-order valence-electron chi connectivity index (χ1n) is 10.1. The van der Waals surface area contributed by atoms with Gasteiger partial charge in [-0.15, -0.1) is 0 Å². The first kappa shape index (κ1) is 23.2. The first-order chi connectivity index (χ1) is 15.8. The third-order valence-corrected chi connectivity index (χ3v) is 7.51. The number of benzene rings is 3. The molecule has 6 nitrogen and oxygen atoms in total. The highest BCUT2D eigenvalue weighted by Crippen LogP contribution is 2.25. The second-order valence-electron chi connectivity index (χ2n) is 7.45. The highest BCUT2D eigenvalue weighted by molar-refractivity contribution is 7.89. The van der Waals surface area contributed by atoms with E-state index < -0.39 is 21.7 Å². The number of nitrogens with one attached hydrogen (secondary N) is 1. The lowest BCUT2D eigenvalue weighted by Crippen LogP contribution is -2.48. The Hall–Kier alpha value is -3.01. The molecule has 1 heterocycles. The van der Waals surface area contributed by atoms with Crippen LogP contribution in [0.3, 0.4) is 0 Å². The summed E-state index contributed by atoms with van der Waals surface area (Å²) in [6.45, 7) is 0.871. The van der Waals surface area contributed by atoms with E-state index in [0.29, 0.717) is 23.8 Å². The van der Waals surface area contributed by atoms with Crippen molar-refractivity contribution in [3.05, 3.63) is 89.0 Å². The third kappa shape index (κ3) is 5.00. The van der Waals surface area contributed by atoms with Crippen molar-refractivity contribution >= 4 is 38.9 Å². The Morgan fingerprint density at radius 2 is 1.55 bits per heavy atom. The predicted molar refractivity (Wildman–Crippen MR) is 123 cm³/mol. The van der Waals surface area contributed by atoms with Gasteiger partial charge in [-0.05, 0) is 54.6 Å². The molecule has 0 aliphatic carbocycles. The maximum absolute atomic E-state index is 14.6. The lowest BCUT2D eigenvalue weighted by atomic mass is 10.2. The molecule has 172 valence electrons. The lowest BCUT2D eigenvalue weighted by molar-refractivity contribution is 0.102. The molecule has 0 saturated carbocycles. The topological polar surface area (TPSA) is 69.7 Å². The number of rotatable bonds is 5. The Morgan fingerprint density at radius 1 is 0.879 bits per heavy atom. The van der Waals surface area contributed by atoms with Crippen LogP contribution in [0.4, 0.5) is 20.2 Å². The van der Waals surface area contributed by atoms with Gasteiger partial charge in [0.05, 0.1) is 16.3 Å². The normalized spacial score (nSPS) is 14.8. The summed E-state index contributed by atoms with van der Waals surface area (Å²) in [6.07, 6.45) is 0. The number of anilines is 2. The smallest absolute Gasteiger partial charge is 0.255 e. The van der Waals surface area contributed by atoms with E-state index in [0.717, 1.165) is 6.07 Å². The summed E-state index contributed by atoms with van der Waals surface area (Å²) in [5.74, 6) is -1.79. The zero-order valence-electron chi connectivity index (χ0n) is 17.3. The molecule has 1 aliphatic heterocycles. The number of para-hydroxylation sites is 1. The van der Waals surface area contributed by atoms with Gasteiger partial charge in [0.25, 0.3) is 5.91 Å². The minimum atomic E-state index is -3.96. The van der Waals surface area contributed by atoms with Crippen molar-refractivity contribution in [1.82, 2.24) is 4.31 Å². The van der Waals surface area contributed by atoms with Crippen LogP contribution in [0, 0.1) is 11.6 Å². The molecule has 3 aromatic carbocycles. The van der Waals surface area contributed by atoms with Crippen LogP contribution in [0.2, 0.25) is 5.02 Å². The van der Waals surface area contributed by atoms with E-state index in [1.54, 1.807) is 23.1 Å². The zero-order valence-corrected chi connectivity index (χ0v) is 18.9. The summed E-state index contributed by atoms with van der Waals surface area (Å²) in [7, 11) is -3.96. The number of nitrogens with zero attached hydrogens (tertiary/aromatic N) is 2. The van der Waals surface area contributed by atoms with Crippen LogP contribution in [0.25, 0.3) is 0 Å². The summed E-state index contributed by atoms with van der Waals surface area (Å²) < 4.78 is 55.9. The second-order valence-corrected chi connectivity index (χ2v) is 9.82. The number of carbonyl (C=O) groups excluding carboxylic acids is 1. The molecule has 1 aliphatic rings. The minimum Gasteiger partial charge on any atom is -0.367 e. The lowest BCUT2D eigenvalue weighted by Gasteiger charge is -2.35. The van der Waals surface area contributed by atoms with E-state index in [9.17, 15) is 22.0 Å². The highest BCUT2D eigenvalue weighted by atomic mass is 35.5.